The van der Waals surface area contributed by atoms with Crippen molar-refractivity contribution in [2.75, 3.05) is 13.1 Å². The number of benzene rings is 1. The van der Waals surface area contributed by atoms with Crippen molar-refractivity contribution >= 4 is 5.91 Å². The Morgan fingerprint density at radius 1 is 1.21 bits per heavy atom. The maximum Gasteiger partial charge on any atom is 0.253 e. The molecule has 3 rings (SSSR count). The van der Waals surface area contributed by atoms with Gasteiger partial charge in [-0.1, -0.05) is 0 Å². The highest BCUT2D eigenvalue weighted by Gasteiger charge is 2.26. The van der Waals surface area contributed by atoms with Crippen LogP contribution in [0.2, 0.25) is 0 Å². The molecule has 128 valence electrons. The summed E-state index contributed by atoms with van der Waals surface area (Å²) < 4.78 is 1.89. The molecule has 2 heterocycles. The Morgan fingerprint density at radius 2 is 1.83 bits per heavy atom. The second-order valence-corrected chi connectivity index (χ2v) is 6.76. The molecule has 1 atom stereocenters. The molecule has 0 bridgehead atoms. The molecule has 1 amide bonds. The van der Waals surface area contributed by atoms with Crippen molar-refractivity contribution in [2.24, 2.45) is 5.92 Å². The molecule has 1 aromatic heterocycles. The second kappa shape index (κ2) is 6.77. The van der Waals surface area contributed by atoms with Crippen LogP contribution in [-0.4, -0.2) is 44.9 Å². The molecule has 1 saturated heterocycles. The molecule has 5 nitrogen and oxygen atoms in total. The molecule has 5 heteroatoms. The Balaban J connectivity index is 1.70. The molecule has 1 aliphatic heterocycles. The fourth-order valence-corrected chi connectivity index (χ4v) is 3.40. The lowest BCUT2D eigenvalue weighted by molar-refractivity contribution is 0.0521. The predicted molar refractivity (Wildman–Crippen MR) is 93.3 cm³/mol. The topological polar surface area (TPSA) is 58.4 Å². The smallest absolute Gasteiger partial charge is 0.253 e. The molecule has 0 aliphatic carbocycles. The van der Waals surface area contributed by atoms with Crippen molar-refractivity contribution in [1.29, 1.82) is 0 Å². The van der Waals surface area contributed by atoms with E-state index >= 15 is 0 Å². The van der Waals surface area contributed by atoms with Crippen LogP contribution < -0.4 is 0 Å². The molecule has 0 saturated carbocycles. The summed E-state index contributed by atoms with van der Waals surface area (Å²) in [5.74, 6) is 0.376. The van der Waals surface area contributed by atoms with Gasteiger partial charge in [-0.3, -0.25) is 4.79 Å². The summed E-state index contributed by atoms with van der Waals surface area (Å²) in [4.78, 5) is 14.5. The zero-order valence-electron chi connectivity index (χ0n) is 14.6. The molecule has 1 aromatic carbocycles. The van der Waals surface area contributed by atoms with E-state index in [0.717, 1.165) is 29.9 Å². The fourth-order valence-electron chi connectivity index (χ4n) is 3.40. The molecule has 2 aromatic rings. The highest BCUT2D eigenvalue weighted by molar-refractivity contribution is 5.94. The van der Waals surface area contributed by atoms with Crippen LogP contribution in [0, 0.1) is 19.8 Å². The number of carbonyl (C=O) groups excluding carboxylic acids is 1. The van der Waals surface area contributed by atoms with Crippen LogP contribution in [0.15, 0.2) is 30.3 Å². The average molecular weight is 327 g/mol. The van der Waals surface area contributed by atoms with E-state index in [1.54, 1.807) is 0 Å². The van der Waals surface area contributed by atoms with Crippen LogP contribution in [0.1, 0.15) is 41.5 Å². The number of likely N-dealkylation sites (tertiary alicyclic amines) is 1. The normalized spacial score (nSPS) is 17.1. The van der Waals surface area contributed by atoms with Crippen molar-refractivity contribution in [3.8, 4) is 5.69 Å². The zero-order chi connectivity index (χ0) is 17.3. The van der Waals surface area contributed by atoms with Crippen LogP contribution in [0.4, 0.5) is 0 Å². The molecule has 1 fully saturated rings. The number of aliphatic hydroxyl groups excluding tert-OH is 1. The highest BCUT2D eigenvalue weighted by atomic mass is 16.3. The first kappa shape index (κ1) is 16.7. The monoisotopic (exact) mass is 327 g/mol. The standard InChI is InChI=1S/C19H25N3O2/c1-13-12-14(2)22(20-13)18-6-4-17(5-7-18)19(24)21-10-8-16(9-11-21)15(3)23/h4-7,12,15-16,23H,8-11H2,1-3H3/t15-/m1/s1. The van der Waals surface area contributed by atoms with Crippen molar-refractivity contribution in [1.82, 2.24) is 14.7 Å². The molecular weight excluding hydrogens is 302 g/mol. The number of amides is 1. The minimum absolute atomic E-state index is 0.0685. The summed E-state index contributed by atoms with van der Waals surface area (Å²) >= 11 is 0. The van der Waals surface area contributed by atoms with Crippen molar-refractivity contribution in [2.45, 2.75) is 39.7 Å². The minimum atomic E-state index is -0.290. The number of piperidine rings is 1. The molecule has 1 N–H and O–H groups in total. The summed E-state index contributed by atoms with van der Waals surface area (Å²) in [5.41, 5.74) is 3.72. The van der Waals surface area contributed by atoms with Gasteiger partial charge in [0.1, 0.15) is 0 Å². The van der Waals surface area contributed by atoms with Crippen LogP contribution in [0.3, 0.4) is 0 Å². The number of nitrogens with zero attached hydrogens (tertiary/aromatic N) is 3. The zero-order valence-corrected chi connectivity index (χ0v) is 14.6. The quantitative estimate of drug-likeness (QED) is 0.943. The molecule has 0 unspecified atom stereocenters. The third-order valence-electron chi connectivity index (χ3n) is 4.88. The highest BCUT2D eigenvalue weighted by Crippen LogP contribution is 2.22. The minimum Gasteiger partial charge on any atom is -0.393 e. The van der Waals surface area contributed by atoms with E-state index in [0.29, 0.717) is 24.6 Å². The van der Waals surface area contributed by atoms with E-state index in [1.165, 1.54) is 0 Å². The third kappa shape index (κ3) is 3.36. The number of rotatable bonds is 3. The summed E-state index contributed by atoms with van der Waals surface area (Å²) in [6.45, 7) is 7.25. The van der Waals surface area contributed by atoms with Gasteiger partial charge in [0.25, 0.3) is 5.91 Å². The Bertz CT molecular complexity index is 711. The molecule has 0 spiro atoms. The number of aryl methyl sites for hydroxylation is 2. The molecule has 0 radical (unpaired) electrons. The summed E-state index contributed by atoms with van der Waals surface area (Å²) in [6, 6.07) is 9.65. The predicted octanol–water partition coefficient (Wildman–Crippen LogP) is 2.72. The van der Waals surface area contributed by atoms with Gasteiger partial charge in [-0.05, 0) is 69.9 Å². The van der Waals surface area contributed by atoms with Crippen LogP contribution in [-0.2, 0) is 0 Å². The lowest BCUT2D eigenvalue weighted by Gasteiger charge is -2.33. The van der Waals surface area contributed by atoms with Crippen LogP contribution in [0.5, 0.6) is 0 Å². The first-order valence-electron chi connectivity index (χ1n) is 8.57. The average Bonchev–Trinajstić information content (AvgIpc) is 2.93. The van der Waals surface area contributed by atoms with Gasteiger partial charge >= 0.3 is 0 Å². The molecule has 24 heavy (non-hydrogen) atoms. The molecular formula is C19H25N3O2. The summed E-state index contributed by atoms with van der Waals surface area (Å²) in [6.07, 6.45) is 1.45. The maximum absolute atomic E-state index is 12.6. The first-order valence-corrected chi connectivity index (χ1v) is 8.57. The Kier molecular flexibility index (Phi) is 4.71. The van der Waals surface area contributed by atoms with E-state index in [9.17, 15) is 9.90 Å². The molecule has 1 aliphatic rings. The Labute approximate surface area is 142 Å². The number of hydrogen-bond donors (Lipinski definition) is 1. The van der Waals surface area contributed by atoms with Crippen LogP contribution in [0.25, 0.3) is 5.69 Å². The SMILES string of the molecule is Cc1cc(C)n(-c2ccc(C(=O)N3CCC([C@@H](C)O)CC3)cc2)n1. The Morgan fingerprint density at radius 3 is 2.33 bits per heavy atom. The van der Waals surface area contributed by atoms with E-state index in [1.807, 2.05) is 60.7 Å². The largest absolute Gasteiger partial charge is 0.393 e. The van der Waals surface area contributed by atoms with Crippen LogP contribution >= 0.6 is 0 Å². The van der Waals surface area contributed by atoms with E-state index in [2.05, 4.69) is 5.10 Å². The maximum atomic E-state index is 12.6. The third-order valence-corrected chi connectivity index (χ3v) is 4.88. The van der Waals surface area contributed by atoms with Gasteiger partial charge in [-0.25, -0.2) is 4.68 Å². The van der Waals surface area contributed by atoms with Gasteiger partial charge in [-0.15, -0.1) is 0 Å². The number of aromatic nitrogens is 2. The van der Waals surface area contributed by atoms with Crippen molar-refractivity contribution in [3.05, 3.63) is 47.3 Å². The Hall–Kier alpha value is -2.14. The van der Waals surface area contributed by atoms with Gasteiger partial charge in [0, 0.05) is 24.3 Å². The second-order valence-electron chi connectivity index (χ2n) is 6.76. The summed E-state index contributed by atoms with van der Waals surface area (Å²) in [5, 5.41) is 14.1. The number of carbonyl (C=O) groups is 1. The van der Waals surface area contributed by atoms with Gasteiger partial charge in [-0.2, -0.15) is 5.10 Å². The van der Waals surface area contributed by atoms with Gasteiger partial charge in [0.15, 0.2) is 0 Å². The number of aliphatic hydroxyl groups is 1. The van der Waals surface area contributed by atoms with Crippen molar-refractivity contribution < 1.29 is 9.90 Å². The van der Waals surface area contributed by atoms with E-state index in [-0.39, 0.29) is 12.0 Å². The first-order chi connectivity index (χ1) is 11.5. The van der Waals surface area contributed by atoms with Gasteiger partial charge < -0.3 is 10.0 Å². The summed E-state index contributed by atoms with van der Waals surface area (Å²) in [7, 11) is 0. The van der Waals surface area contributed by atoms with Gasteiger partial charge in [0.05, 0.1) is 17.5 Å². The van der Waals surface area contributed by atoms with E-state index < -0.39 is 0 Å². The number of hydrogen-bond acceptors (Lipinski definition) is 3. The van der Waals surface area contributed by atoms with Crippen molar-refractivity contribution in [3.63, 3.8) is 0 Å². The lowest BCUT2D eigenvalue weighted by Crippen LogP contribution is -2.40. The fraction of sp³-hybridized carbons (Fsp3) is 0.474. The lowest BCUT2D eigenvalue weighted by atomic mass is 9.92. The van der Waals surface area contributed by atoms with E-state index in [4.69, 9.17) is 0 Å². The van der Waals surface area contributed by atoms with Gasteiger partial charge in [0.2, 0.25) is 0 Å².